The number of benzene rings is 3. The molecular formula is C22H17FN2O4. The fourth-order valence-electron chi connectivity index (χ4n) is 2.76. The van der Waals surface area contributed by atoms with Crippen LogP contribution in [0.3, 0.4) is 0 Å². The van der Waals surface area contributed by atoms with Crippen molar-refractivity contribution in [2.75, 3.05) is 19.0 Å². The van der Waals surface area contributed by atoms with E-state index in [9.17, 15) is 9.18 Å². The number of methoxy groups -OCH3 is 1. The molecule has 1 amide bonds. The number of aromatic nitrogens is 1. The average Bonchev–Trinajstić information content (AvgIpc) is 3.16. The lowest BCUT2D eigenvalue weighted by molar-refractivity contribution is -0.118. The second kappa shape index (κ2) is 8.02. The molecule has 0 fully saturated rings. The van der Waals surface area contributed by atoms with Crippen molar-refractivity contribution in [3.8, 4) is 23.0 Å². The van der Waals surface area contributed by atoms with Gasteiger partial charge < -0.3 is 19.2 Å². The highest BCUT2D eigenvalue weighted by Crippen LogP contribution is 2.27. The number of hydrogen-bond acceptors (Lipinski definition) is 5. The molecule has 3 aromatic carbocycles. The van der Waals surface area contributed by atoms with Crippen molar-refractivity contribution in [2.45, 2.75) is 0 Å². The third-order valence-corrected chi connectivity index (χ3v) is 4.20. The predicted octanol–water partition coefficient (Wildman–Crippen LogP) is 4.66. The first kappa shape index (κ1) is 18.5. The summed E-state index contributed by atoms with van der Waals surface area (Å²) in [5.41, 5.74) is 2.54. The standard InChI is InChI=1S/C22H17FN2O4/c1-27-16-9-6-14(7-10-16)22-25-18-12-15(8-11-20(18)29-22)24-21(26)13-28-19-5-3-2-4-17(19)23/h2-12H,13H2,1H3,(H,24,26). The summed E-state index contributed by atoms with van der Waals surface area (Å²) in [4.78, 5) is 16.6. The van der Waals surface area contributed by atoms with E-state index < -0.39 is 11.7 Å². The maximum absolute atomic E-state index is 13.5. The highest BCUT2D eigenvalue weighted by atomic mass is 19.1. The molecule has 0 spiro atoms. The van der Waals surface area contributed by atoms with Crippen LogP contribution in [-0.4, -0.2) is 24.6 Å². The van der Waals surface area contributed by atoms with Crippen LogP contribution in [-0.2, 0) is 4.79 Å². The number of oxazole rings is 1. The Morgan fingerprint density at radius 1 is 1.10 bits per heavy atom. The molecule has 4 rings (SSSR count). The lowest BCUT2D eigenvalue weighted by Gasteiger charge is -2.08. The first-order chi connectivity index (χ1) is 14.1. The number of nitrogens with one attached hydrogen (secondary N) is 1. The van der Waals surface area contributed by atoms with Gasteiger partial charge in [-0.3, -0.25) is 4.79 Å². The predicted molar refractivity (Wildman–Crippen MR) is 107 cm³/mol. The molecule has 6 nitrogen and oxygen atoms in total. The van der Waals surface area contributed by atoms with E-state index in [2.05, 4.69) is 10.3 Å². The first-order valence-corrected chi connectivity index (χ1v) is 8.84. The van der Waals surface area contributed by atoms with Crippen molar-refractivity contribution in [1.82, 2.24) is 4.98 Å². The molecule has 29 heavy (non-hydrogen) atoms. The lowest BCUT2D eigenvalue weighted by atomic mass is 10.2. The van der Waals surface area contributed by atoms with Gasteiger partial charge in [-0.15, -0.1) is 0 Å². The van der Waals surface area contributed by atoms with Gasteiger partial charge in [-0.05, 0) is 54.6 Å². The van der Waals surface area contributed by atoms with Crippen LogP contribution in [0.25, 0.3) is 22.6 Å². The van der Waals surface area contributed by atoms with Crippen molar-refractivity contribution in [3.05, 3.63) is 72.5 Å². The van der Waals surface area contributed by atoms with E-state index in [1.54, 1.807) is 37.4 Å². The molecule has 0 bridgehead atoms. The number of carbonyl (C=O) groups is 1. The summed E-state index contributed by atoms with van der Waals surface area (Å²) in [7, 11) is 1.60. The van der Waals surface area contributed by atoms with Crippen LogP contribution < -0.4 is 14.8 Å². The van der Waals surface area contributed by atoms with Crippen molar-refractivity contribution < 1.29 is 23.1 Å². The number of carbonyl (C=O) groups excluding carboxylic acids is 1. The minimum Gasteiger partial charge on any atom is -0.497 e. The number of ether oxygens (including phenoxy) is 2. The van der Waals surface area contributed by atoms with Gasteiger partial charge in [0.25, 0.3) is 5.91 Å². The van der Waals surface area contributed by atoms with Crippen LogP contribution in [0.4, 0.5) is 10.1 Å². The Bertz CT molecular complexity index is 1160. The molecule has 0 saturated carbocycles. The SMILES string of the molecule is COc1ccc(-c2nc3cc(NC(=O)COc4ccccc4F)ccc3o2)cc1. The topological polar surface area (TPSA) is 73.6 Å². The highest BCUT2D eigenvalue weighted by molar-refractivity contribution is 5.94. The number of nitrogens with zero attached hydrogens (tertiary/aromatic N) is 1. The Balaban J connectivity index is 1.45. The molecule has 0 atom stereocenters. The van der Waals surface area contributed by atoms with E-state index in [4.69, 9.17) is 13.9 Å². The van der Waals surface area contributed by atoms with Gasteiger partial charge in [0.1, 0.15) is 11.3 Å². The molecule has 0 radical (unpaired) electrons. The Hall–Kier alpha value is -3.87. The second-order valence-corrected chi connectivity index (χ2v) is 6.20. The maximum Gasteiger partial charge on any atom is 0.262 e. The molecule has 0 unspecified atom stereocenters. The Labute approximate surface area is 165 Å². The van der Waals surface area contributed by atoms with Crippen LogP contribution >= 0.6 is 0 Å². The number of anilines is 1. The van der Waals surface area contributed by atoms with E-state index in [1.807, 2.05) is 24.3 Å². The molecule has 0 aliphatic carbocycles. The molecule has 7 heteroatoms. The van der Waals surface area contributed by atoms with Crippen molar-refractivity contribution in [1.29, 1.82) is 0 Å². The summed E-state index contributed by atoms with van der Waals surface area (Å²) < 4.78 is 29.7. The number of para-hydroxylation sites is 1. The van der Waals surface area contributed by atoms with Crippen LogP contribution in [0.2, 0.25) is 0 Å². The van der Waals surface area contributed by atoms with Gasteiger partial charge in [0, 0.05) is 11.3 Å². The number of fused-ring (bicyclic) bond motifs is 1. The third kappa shape index (κ3) is 4.19. The Kier molecular flexibility index (Phi) is 5.11. The van der Waals surface area contributed by atoms with Gasteiger partial charge >= 0.3 is 0 Å². The van der Waals surface area contributed by atoms with E-state index in [0.29, 0.717) is 22.7 Å². The summed E-state index contributed by atoms with van der Waals surface area (Å²) in [6, 6.07) is 18.4. The number of hydrogen-bond donors (Lipinski definition) is 1. The number of rotatable bonds is 6. The van der Waals surface area contributed by atoms with Crippen LogP contribution in [0.1, 0.15) is 0 Å². The molecule has 1 heterocycles. The summed E-state index contributed by atoms with van der Waals surface area (Å²) in [5.74, 6) is 0.307. The number of amides is 1. The van der Waals surface area contributed by atoms with Crippen LogP contribution in [0, 0.1) is 5.82 Å². The van der Waals surface area contributed by atoms with Gasteiger partial charge in [-0.25, -0.2) is 9.37 Å². The largest absolute Gasteiger partial charge is 0.497 e. The average molecular weight is 392 g/mol. The normalized spacial score (nSPS) is 10.7. The fraction of sp³-hybridized carbons (Fsp3) is 0.0909. The van der Waals surface area contributed by atoms with Gasteiger partial charge in [0.2, 0.25) is 5.89 Å². The van der Waals surface area contributed by atoms with Gasteiger partial charge in [0.15, 0.2) is 23.8 Å². The highest BCUT2D eigenvalue weighted by Gasteiger charge is 2.11. The summed E-state index contributed by atoms with van der Waals surface area (Å²) >= 11 is 0. The Morgan fingerprint density at radius 2 is 1.90 bits per heavy atom. The second-order valence-electron chi connectivity index (χ2n) is 6.20. The molecule has 0 saturated heterocycles. The minimum absolute atomic E-state index is 0.0266. The molecule has 0 aliphatic rings. The zero-order valence-electron chi connectivity index (χ0n) is 15.5. The molecule has 4 aromatic rings. The van der Waals surface area contributed by atoms with Gasteiger partial charge in [-0.1, -0.05) is 12.1 Å². The number of halogens is 1. The van der Waals surface area contributed by atoms with Crippen LogP contribution in [0.5, 0.6) is 11.5 Å². The zero-order valence-corrected chi connectivity index (χ0v) is 15.5. The zero-order chi connectivity index (χ0) is 20.2. The van der Waals surface area contributed by atoms with Crippen LogP contribution in [0.15, 0.2) is 71.1 Å². The lowest BCUT2D eigenvalue weighted by Crippen LogP contribution is -2.20. The summed E-state index contributed by atoms with van der Waals surface area (Å²) in [5, 5.41) is 2.70. The summed E-state index contributed by atoms with van der Waals surface area (Å²) in [6.07, 6.45) is 0. The molecule has 0 aliphatic heterocycles. The molecule has 146 valence electrons. The van der Waals surface area contributed by atoms with E-state index in [1.165, 1.54) is 12.1 Å². The minimum atomic E-state index is -0.518. The molecule has 1 aromatic heterocycles. The van der Waals surface area contributed by atoms with Gasteiger partial charge in [0.05, 0.1) is 7.11 Å². The van der Waals surface area contributed by atoms with Crippen molar-refractivity contribution in [2.24, 2.45) is 0 Å². The fourth-order valence-corrected chi connectivity index (χ4v) is 2.76. The maximum atomic E-state index is 13.5. The molecular weight excluding hydrogens is 375 g/mol. The first-order valence-electron chi connectivity index (χ1n) is 8.84. The quantitative estimate of drug-likeness (QED) is 0.517. The third-order valence-electron chi connectivity index (χ3n) is 4.20. The smallest absolute Gasteiger partial charge is 0.262 e. The van der Waals surface area contributed by atoms with Crippen molar-refractivity contribution >= 4 is 22.7 Å². The molecule has 1 N–H and O–H groups in total. The van der Waals surface area contributed by atoms with Gasteiger partial charge in [-0.2, -0.15) is 0 Å². The monoisotopic (exact) mass is 392 g/mol. The van der Waals surface area contributed by atoms with E-state index in [-0.39, 0.29) is 12.4 Å². The van der Waals surface area contributed by atoms with E-state index in [0.717, 1.165) is 11.3 Å². The summed E-state index contributed by atoms with van der Waals surface area (Å²) in [6.45, 7) is -0.311. The van der Waals surface area contributed by atoms with Crippen molar-refractivity contribution in [3.63, 3.8) is 0 Å². The Morgan fingerprint density at radius 3 is 2.66 bits per heavy atom. The van der Waals surface area contributed by atoms with E-state index >= 15 is 0 Å².